The number of carbonyl (C=O) groups is 1. The number of carboxylic acid groups (broad SMARTS) is 1. The molecule has 0 spiro atoms. The Hall–Kier alpha value is -1.84. The van der Waals surface area contributed by atoms with Gasteiger partial charge in [-0.05, 0) is 24.6 Å². The number of rotatable bonds is 1. The van der Waals surface area contributed by atoms with Gasteiger partial charge in [0, 0.05) is 17.1 Å². The van der Waals surface area contributed by atoms with Gasteiger partial charge in [-0.1, -0.05) is 0 Å². The molecule has 0 radical (unpaired) electrons. The van der Waals surface area contributed by atoms with Gasteiger partial charge in [-0.2, -0.15) is 0 Å². The molecule has 2 rings (SSSR count). The van der Waals surface area contributed by atoms with Gasteiger partial charge in [0.1, 0.15) is 5.82 Å². The average molecular weight is 193 g/mol. The number of H-pyrrole nitrogens is 1. The van der Waals surface area contributed by atoms with E-state index in [0.29, 0.717) is 16.5 Å². The van der Waals surface area contributed by atoms with E-state index in [-0.39, 0.29) is 11.4 Å². The van der Waals surface area contributed by atoms with Crippen LogP contribution in [0.3, 0.4) is 0 Å². The Kier molecular flexibility index (Phi) is 1.77. The Bertz CT molecular complexity index is 516. The standard InChI is InChI=1S/C10H8FNO2/c1-5-2-9-6(3-8(5)11)7(4-12-9)10(13)14/h2-4,12H,1H3,(H,13,14). The van der Waals surface area contributed by atoms with Crippen LogP contribution in [0, 0.1) is 12.7 Å². The smallest absolute Gasteiger partial charge is 0.337 e. The van der Waals surface area contributed by atoms with Gasteiger partial charge in [0.2, 0.25) is 0 Å². The van der Waals surface area contributed by atoms with Gasteiger partial charge in [-0.3, -0.25) is 0 Å². The molecule has 1 heterocycles. The third-order valence-corrected chi connectivity index (χ3v) is 2.19. The molecule has 0 saturated heterocycles. The molecule has 14 heavy (non-hydrogen) atoms. The van der Waals surface area contributed by atoms with Crippen molar-refractivity contribution in [2.24, 2.45) is 0 Å². The van der Waals surface area contributed by atoms with E-state index in [9.17, 15) is 9.18 Å². The molecule has 72 valence electrons. The highest BCUT2D eigenvalue weighted by Crippen LogP contribution is 2.21. The zero-order chi connectivity index (χ0) is 10.3. The fourth-order valence-corrected chi connectivity index (χ4v) is 1.43. The molecule has 0 bridgehead atoms. The minimum Gasteiger partial charge on any atom is -0.478 e. The molecule has 4 heteroatoms. The van der Waals surface area contributed by atoms with Crippen molar-refractivity contribution in [1.29, 1.82) is 0 Å². The normalized spacial score (nSPS) is 10.7. The van der Waals surface area contributed by atoms with Gasteiger partial charge in [-0.25, -0.2) is 9.18 Å². The van der Waals surface area contributed by atoms with Gasteiger partial charge in [0.15, 0.2) is 0 Å². The zero-order valence-electron chi connectivity index (χ0n) is 7.47. The number of hydrogen-bond acceptors (Lipinski definition) is 1. The van der Waals surface area contributed by atoms with Crippen molar-refractivity contribution >= 4 is 16.9 Å². The first kappa shape index (κ1) is 8.74. The van der Waals surface area contributed by atoms with E-state index in [2.05, 4.69) is 4.98 Å². The Morgan fingerprint density at radius 1 is 1.50 bits per heavy atom. The second-order valence-electron chi connectivity index (χ2n) is 3.15. The fourth-order valence-electron chi connectivity index (χ4n) is 1.43. The van der Waals surface area contributed by atoms with Crippen molar-refractivity contribution in [1.82, 2.24) is 4.98 Å². The molecule has 0 aliphatic heterocycles. The molecule has 3 nitrogen and oxygen atoms in total. The molecular formula is C10H8FNO2. The molecule has 0 unspecified atom stereocenters. The molecule has 0 fully saturated rings. The van der Waals surface area contributed by atoms with Crippen molar-refractivity contribution in [2.75, 3.05) is 0 Å². The van der Waals surface area contributed by atoms with Crippen molar-refractivity contribution in [3.8, 4) is 0 Å². The van der Waals surface area contributed by atoms with Crippen LogP contribution in [-0.2, 0) is 0 Å². The van der Waals surface area contributed by atoms with Crippen molar-refractivity contribution < 1.29 is 14.3 Å². The molecule has 2 N–H and O–H groups in total. The molecule has 0 saturated carbocycles. The number of hydrogen-bond donors (Lipinski definition) is 2. The monoisotopic (exact) mass is 193 g/mol. The quantitative estimate of drug-likeness (QED) is 0.730. The van der Waals surface area contributed by atoms with E-state index in [1.807, 2.05) is 0 Å². The van der Waals surface area contributed by atoms with Crippen LogP contribution in [0.5, 0.6) is 0 Å². The highest BCUT2D eigenvalue weighted by atomic mass is 19.1. The van der Waals surface area contributed by atoms with Gasteiger partial charge in [0.05, 0.1) is 5.56 Å². The Balaban J connectivity index is 2.80. The second-order valence-corrected chi connectivity index (χ2v) is 3.15. The Labute approximate surface area is 79.2 Å². The summed E-state index contributed by atoms with van der Waals surface area (Å²) in [4.78, 5) is 13.5. The highest BCUT2D eigenvalue weighted by molar-refractivity contribution is 6.03. The van der Waals surface area contributed by atoms with Gasteiger partial charge in [0.25, 0.3) is 0 Å². The van der Waals surface area contributed by atoms with Crippen LogP contribution >= 0.6 is 0 Å². The first-order chi connectivity index (χ1) is 6.59. The number of nitrogens with one attached hydrogen (secondary N) is 1. The summed E-state index contributed by atoms with van der Waals surface area (Å²) in [5.74, 6) is -1.45. The maximum atomic E-state index is 13.2. The van der Waals surface area contributed by atoms with Crippen LogP contribution in [0.1, 0.15) is 15.9 Å². The molecule has 0 aliphatic rings. The predicted octanol–water partition coefficient (Wildman–Crippen LogP) is 2.31. The lowest BCUT2D eigenvalue weighted by Gasteiger charge is -1.97. The Morgan fingerprint density at radius 2 is 2.21 bits per heavy atom. The first-order valence-corrected chi connectivity index (χ1v) is 4.10. The van der Waals surface area contributed by atoms with E-state index < -0.39 is 5.97 Å². The topological polar surface area (TPSA) is 53.1 Å². The summed E-state index contributed by atoms with van der Waals surface area (Å²) >= 11 is 0. The molecule has 2 aromatic rings. The minimum atomic E-state index is -1.06. The number of aryl methyl sites for hydroxylation is 1. The summed E-state index contributed by atoms with van der Waals surface area (Å²) in [6, 6.07) is 2.84. The number of benzene rings is 1. The van der Waals surface area contributed by atoms with Crippen LogP contribution in [0.15, 0.2) is 18.3 Å². The largest absolute Gasteiger partial charge is 0.478 e. The maximum Gasteiger partial charge on any atom is 0.337 e. The fraction of sp³-hybridized carbons (Fsp3) is 0.100. The van der Waals surface area contributed by atoms with Crippen LogP contribution in [0.4, 0.5) is 4.39 Å². The lowest BCUT2D eigenvalue weighted by molar-refractivity contribution is 0.0699. The van der Waals surface area contributed by atoms with E-state index in [1.54, 1.807) is 13.0 Å². The number of aromatic amines is 1. The SMILES string of the molecule is Cc1cc2[nH]cc(C(=O)O)c2cc1F. The second kappa shape index (κ2) is 2.83. The summed E-state index contributed by atoms with van der Waals surface area (Å²) in [7, 11) is 0. The van der Waals surface area contributed by atoms with Gasteiger partial charge >= 0.3 is 5.97 Å². The lowest BCUT2D eigenvalue weighted by atomic mass is 10.1. The molecule has 1 aromatic heterocycles. The van der Waals surface area contributed by atoms with Crippen LogP contribution < -0.4 is 0 Å². The summed E-state index contributed by atoms with van der Waals surface area (Å²) in [5, 5.41) is 9.19. The molecule has 0 atom stereocenters. The number of halogens is 1. The zero-order valence-corrected chi connectivity index (χ0v) is 7.47. The summed E-state index contributed by atoms with van der Waals surface area (Å²) in [6.45, 7) is 1.63. The van der Waals surface area contributed by atoms with E-state index in [0.717, 1.165) is 0 Å². The van der Waals surface area contributed by atoms with Crippen molar-refractivity contribution in [2.45, 2.75) is 6.92 Å². The minimum absolute atomic E-state index is 0.0962. The molecule has 0 amide bonds. The van der Waals surface area contributed by atoms with Crippen LogP contribution in [0.25, 0.3) is 10.9 Å². The van der Waals surface area contributed by atoms with Crippen LogP contribution in [0.2, 0.25) is 0 Å². The van der Waals surface area contributed by atoms with Crippen LogP contribution in [-0.4, -0.2) is 16.1 Å². The number of aromatic nitrogens is 1. The third kappa shape index (κ3) is 1.16. The summed E-state index contributed by atoms with van der Waals surface area (Å²) in [5.41, 5.74) is 1.23. The van der Waals surface area contributed by atoms with Crippen molar-refractivity contribution in [3.63, 3.8) is 0 Å². The summed E-state index contributed by atoms with van der Waals surface area (Å²) < 4.78 is 13.2. The lowest BCUT2D eigenvalue weighted by Crippen LogP contribution is -1.94. The van der Waals surface area contributed by atoms with Crippen molar-refractivity contribution in [3.05, 3.63) is 35.3 Å². The third-order valence-electron chi connectivity index (χ3n) is 2.19. The molecule has 1 aromatic carbocycles. The maximum absolute atomic E-state index is 13.2. The van der Waals surface area contributed by atoms with Gasteiger partial charge in [-0.15, -0.1) is 0 Å². The van der Waals surface area contributed by atoms with E-state index >= 15 is 0 Å². The van der Waals surface area contributed by atoms with E-state index in [1.165, 1.54) is 12.3 Å². The van der Waals surface area contributed by atoms with E-state index in [4.69, 9.17) is 5.11 Å². The highest BCUT2D eigenvalue weighted by Gasteiger charge is 2.11. The average Bonchev–Trinajstić information content (AvgIpc) is 2.48. The molecule has 0 aliphatic carbocycles. The summed E-state index contributed by atoms with van der Waals surface area (Å²) in [6.07, 6.45) is 1.37. The van der Waals surface area contributed by atoms with Gasteiger partial charge < -0.3 is 10.1 Å². The molecular weight excluding hydrogens is 185 g/mol. The number of aromatic carboxylic acids is 1. The predicted molar refractivity (Wildman–Crippen MR) is 50.0 cm³/mol. The first-order valence-electron chi connectivity index (χ1n) is 4.10. The number of carboxylic acids is 1. The Morgan fingerprint density at radius 3 is 2.86 bits per heavy atom. The number of fused-ring (bicyclic) bond motifs is 1.